The van der Waals surface area contributed by atoms with Gasteiger partial charge in [0.15, 0.2) is 0 Å². The van der Waals surface area contributed by atoms with Crippen molar-refractivity contribution in [3.8, 4) is 0 Å². The van der Waals surface area contributed by atoms with Crippen molar-refractivity contribution < 1.29 is 4.39 Å². The van der Waals surface area contributed by atoms with E-state index in [1.807, 2.05) is 6.07 Å². The van der Waals surface area contributed by atoms with Gasteiger partial charge in [-0.3, -0.25) is 0 Å². The summed E-state index contributed by atoms with van der Waals surface area (Å²) in [5.74, 6) is -0.159. The van der Waals surface area contributed by atoms with Crippen molar-refractivity contribution in [3.05, 3.63) is 35.8 Å². The van der Waals surface area contributed by atoms with Gasteiger partial charge in [0.1, 0.15) is 5.82 Å². The zero-order valence-electron chi connectivity index (χ0n) is 8.55. The number of benzene rings is 1. The van der Waals surface area contributed by atoms with Crippen LogP contribution in [0.3, 0.4) is 0 Å². The second-order valence-corrected chi connectivity index (χ2v) is 3.67. The van der Waals surface area contributed by atoms with E-state index in [4.69, 9.17) is 0 Å². The first kappa shape index (κ1) is 9.25. The second kappa shape index (κ2) is 3.45. The number of halogens is 1. The lowest BCUT2D eigenvalue weighted by Crippen LogP contribution is -1.93. The Morgan fingerprint density at radius 3 is 2.86 bits per heavy atom. The van der Waals surface area contributed by atoms with Crippen LogP contribution in [0.25, 0.3) is 10.9 Å². The molecule has 0 unspecified atom stereocenters. The Hall–Kier alpha value is -1.31. The molecule has 0 amide bonds. The smallest absolute Gasteiger partial charge is 0.125 e. The Morgan fingerprint density at radius 2 is 2.14 bits per heavy atom. The van der Waals surface area contributed by atoms with Gasteiger partial charge >= 0.3 is 0 Å². The molecular formula is C12H14FN. The highest BCUT2D eigenvalue weighted by molar-refractivity contribution is 5.83. The number of hydrogen-bond donors (Lipinski definition) is 0. The second-order valence-electron chi connectivity index (χ2n) is 3.67. The lowest BCUT2D eigenvalue weighted by atomic mass is 10.2. The molecule has 2 rings (SSSR count). The van der Waals surface area contributed by atoms with Gasteiger partial charge in [0.2, 0.25) is 0 Å². The Balaban J connectivity index is 2.66. The van der Waals surface area contributed by atoms with Crippen LogP contribution in [0.15, 0.2) is 24.4 Å². The summed E-state index contributed by atoms with van der Waals surface area (Å²) in [6, 6.07) is 4.98. The molecule has 1 aromatic heterocycles. The summed E-state index contributed by atoms with van der Waals surface area (Å²) in [5.41, 5.74) is 2.22. The number of aromatic nitrogens is 1. The van der Waals surface area contributed by atoms with Gasteiger partial charge in [0.05, 0.1) is 5.52 Å². The maximum atomic E-state index is 13.1. The van der Waals surface area contributed by atoms with E-state index in [-0.39, 0.29) is 5.82 Å². The van der Waals surface area contributed by atoms with Gasteiger partial charge in [0.25, 0.3) is 0 Å². The van der Waals surface area contributed by atoms with Crippen molar-refractivity contribution in [3.63, 3.8) is 0 Å². The van der Waals surface area contributed by atoms with E-state index in [9.17, 15) is 4.39 Å². The summed E-state index contributed by atoms with van der Waals surface area (Å²) in [5, 5.41) is 1.15. The fourth-order valence-electron chi connectivity index (χ4n) is 1.87. The zero-order valence-corrected chi connectivity index (χ0v) is 8.55. The number of rotatable bonds is 2. The van der Waals surface area contributed by atoms with E-state index >= 15 is 0 Å². The highest BCUT2D eigenvalue weighted by Crippen LogP contribution is 2.21. The minimum absolute atomic E-state index is 0.159. The fourth-order valence-corrected chi connectivity index (χ4v) is 1.87. The molecule has 0 N–H and O–H groups in total. The quantitative estimate of drug-likeness (QED) is 0.684. The number of hydrogen-bond acceptors (Lipinski definition) is 0. The van der Waals surface area contributed by atoms with Gasteiger partial charge in [0, 0.05) is 18.1 Å². The summed E-state index contributed by atoms with van der Waals surface area (Å²) in [4.78, 5) is 0. The average Bonchev–Trinajstić information content (AvgIpc) is 2.44. The molecule has 2 heteroatoms. The van der Waals surface area contributed by atoms with E-state index in [1.54, 1.807) is 6.07 Å². The third-order valence-corrected chi connectivity index (χ3v) is 2.51. The predicted octanol–water partition coefficient (Wildman–Crippen LogP) is 3.50. The van der Waals surface area contributed by atoms with Crippen LogP contribution in [0.4, 0.5) is 4.39 Å². The molecule has 0 radical (unpaired) electrons. The molecular weight excluding hydrogens is 177 g/mol. The molecule has 0 saturated carbocycles. The van der Waals surface area contributed by atoms with E-state index in [0.29, 0.717) is 0 Å². The highest BCUT2D eigenvalue weighted by atomic mass is 19.1. The van der Waals surface area contributed by atoms with E-state index < -0.39 is 0 Å². The van der Waals surface area contributed by atoms with Gasteiger partial charge in [-0.05, 0) is 37.1 Å². The van der Waals surface area contributed by atoms with Crippen LogP contribution in [0, 0.1) is 12.7 Å². The molecule has 1 heterocycles. The largest absolute Gasteiger partial charge is 0.347 e. The van der Waals surface area contributed by atoms with Gasteiger partial charge < -0.3 is 4.57 Å². The van der Waals surface area contributed by atoms with Crippen LogP contribution in [-0.4, -0.2) is 4.57 Å². The number of nitrogens with zero attached hydrogens (tertiary/aromatic N) is 1. The zero-order chi connectivity index (χ0) is 10.1. The molecule has 1 nitrogen and oxygen atoms in total. The maximum Gasteiger partial charge on any atom is 0.125 e. The molecule has 74 valence electrons. The summed E-state index contributed by atoms with van der Waals surface area (Å²) < 4.78 is 15.2. The number of fused-ring (bicyclic) bond motifs is 1. The maximum absolute atomic E-state index is 13.1. The standard InChI is InChI=1S/C12H14FN/c1-3-6-14-8-9(2)11-5-4-10(13)7-12(11)14/h4-5,7-8H,3,6H2,1-2H3. The van der Waals surface area contributed by atoms with Crippen LogP contribution >= 0.6 is 0 Å². The minimum atomic E-state index is -0.159. The van der Waals surface area contributed by atoms with Crippen molar-refractivity contribution in [2.75, 3.05) is 0 Å². The van der Waals surface area contributed by atoms with Crippen molar-refractivity contribution in [1.82, 2.24) is 4.57 Å². The minimum Gasteiger partial charge on any atom is -0.347 e. The topological polar surface area (TPSA) is 4.93 Å². The summed E-state index contributed by atoms with van der Waals surface area (Å²) in [6.07, 6.45) is 3.16. The lowest BCUT2D eigenvalue weighted by molar-refractivity contribution is 0.627. The average molecular weight is 191 g/mol. The summed E-state index contributed by atoms with van der Waals surface area (Å²) in [7, 11) is 0. The molecule has 0 aliphatic carbocycles. The first-order chi connectivity index (χ1) is 6.72. The van der Waals surface area contributed by atoms with Gasteiger partial charge in [-0.15, -0.1) is 0 Å². The SMILES string of the molecule is CCCn1cc(C)c2ccc(F)cc21. The Morgan fingerprint density at radius 1 is 1.36 bits per heavy atom. The van der Waals surface area contributed by atoms with Crippen LogP contribution in [-0.2, 0) is 6.54 Å². The molecule has 0 saturated heterocycles. The molecule has 0 fully saturated rings. The van der Waals surface area contributed by atoms with Crippen molar-refractivity contribution in [1.29, 1.82) is 0 Å². The van der Waals surface area contributed by atoms with E-state index in [2.05, 4.69) is 24.6 Å². The molecule has 0 aliphatic heterocycles. The Labute approximate surface area is 83.2 Å². The molecule has 0 aliphatic rings. The van der Waals surface area contributed by atoms with Crippen molar-refractivity contribution >= 4 is 10.9 Å². The molecule has 2 aromatic rings. The van der Waals surface area contributed by atoms with Crippen LogP contribution in [0.5, 0.6) is 0 Å². The molecule has 14 heavy (non-hydrogen) atoms. The van der Waals surface area contributed by atoms with Gasteiger partial charge in [-0.25, -0.2) is 4.39 Å². The van der Waals surface area contributed by atoms with Crippen LogP contribution < -0.4 is 0 Å². The van der Waals surface area contributed by atoms with Crippen molar-refractivity contribution in [2.45, 2.75) is 26.8 Å². The number of aryl methyl sites for hydroxylation is 2. The van der Waals surface area contributed by atoms with E-state index in [0.717, 1.165) is 23.9 Å². The highest BCUT2D eigenvalue weighted by Gasteiger charge is 2.05. The van der Waals surface area contributed by atoms with Crippen LogP contribution in [0.1, 0.15) is 18.9 Å². The Bertz CT molecular complexity index is 457. The fraction of sp³-hybridized carbons (Fsp3) is 0.333. The monoisotopic (exact) mass is 191 g/mol. The summed E-state index contributed by atoms with van der Waals surface area (Å²) in [6.45, 7) is 5.14. The van der Waals surface area contributed by atoms with Gasteiger partial charge in [-0.2, -0.15) is 0 Å². The predicted molar refractivity (Wildman–Crippen MR) is 56.9 cm³/mol. The summed E-state index contributed by atoms with van der Waals surface area (Å²) >= 11 is 0. The Kier molecular flexibility index (Phi) is 2.28. The third-order valence-electron chi connectivity index (χ3n) is 2.51. The lowest BCUT2D eigenvalue weighted by Gasteiger charge is -2.01. The van der Waals surface area contributed by atoms with Gasteiger partial charge in [-0.1, -0.05) is 6.92 Å². The van der Waals surface area contributed by atoms with Crippen LogP contribution in [0.2, 0.25) is 0 Å². The normalized spacial score (nSPS) is 11.1. The third kappa shape index (κ3) is 1.41. The van der Waals surface area contributed by atoms with Crippen molar-refractivity contribution in [2.24, 2.45) is 0 Å². The molecule has 0 bridgehead atoms. The molecule has 0 atom stereocenters. The molecule has 0 spiro atoms. The first-order valence-electron chi connectivity index (χ1n) is 4.97. The van der Waals surface area contributed by atoms with E-state index in [1.165, 1.54) is 11.6 Å². The first-order valence-corrected chi connectivity index (χ1v) is 4.97. The molecule has 1 aromatic carbocycles.